The number of aryl methyl sites for hydroxylation is 2. The van der Waals surface area contributed by atoms with Crippen LogP contribution in [0.2, 0.25) is 0 Å². The van der Waals surface area contributed by atoms with Gasteiger partial charge in [0, 0.05) is 38.9 Å². The minimum absolute atomic E-state index is 0.937. The second-order valence-corrected chi connectivity index (χ2v) is 16.7. The first-order valence-electron chi connectivity index (χ1n) is 22.0. The van der Waals surface area contributed by atoms with Crippen LogP contribution < -0.4 is 0 Å². The molecule has 290 valence electrons. The quantitative estimate of drug-likeness (QED) is 0.166. The summed E-state index contributed by atoms with van der Waals surface area (Å²) in [5.74, 6) is 0.937. The number of rotatable bonds is 6. The maximum absolute atomic E-state index is 5.62. The van der Waals surface area contributed by atoms with E-state index in [4.69, 9.17) is 4.98 Å². The molecular weight excluding hydrogens is 717 g/mol. The van der Waals surface area contributed by atoms with Gasteiger partial charge in [-0.1, -0.05) is 153 Å². The molecule has 0 amide bonds. The molecule has 0 radical (unpaired) electrons. The summed E-state index contributed by atoms with van der Waals surface area (Å²) in [5.41, 5.74) is 17.6. The van der Waals surface area contributed by atoms with Crippen molar-refractivity contribution in [2.24, 2.45) is 0 Å². The third kappa shape index (κ3) is 6.33. The van der Waals surface area contributed by atoms with Gasteiger partial charge in [-0.25, -0.2) is 4.98 Å². The molecule has 0 aliphatic heterocycles. The molecule has 11 rings (SSSR count). The van der Waals surface area contributed by atoms with E-state index in [1.807, 2.05) is 0 Å². The Labute approximate surface area is 347 Å². The molecule has 4 nitrogen and oxygen atoms in total. The Morgan fingerprint density at radius 1 is 0.356 bits per heavy atom. The van der Waals surface area contributed by atoms with Crippen LogP contribution in [0.15, 0.2) is 158 Å². The van der Waals surface area contributed by atoms with Gasteiger partial charge < -0.3 is 9.13 Å². The van der Waals surface area contributed by atoms with Gasteiger partial charge in [0.2, 0.25) is 0 Å². The molecule has 6 aromatic carbocycles. The molecule has 0 unspecified atom stereocenters. The molecule has 9 aromatic rings. The Morgan fingerprint density at radius 3 is 1.27 bits per heavy atom. The minimum atomic E-state index is 0.937. The summed E-state index contributed by atoms with van der Waals surface area (Å²) in [4.78, 5) is 5.62. The highest BCUT2D eigenvalue weighted by Gasteiger charge is 2.27. The lowest BCUT2D eigenvalue weighted by Gasteiger charge is -2.21. The summed E-state index contributed by atoms with van der Waals surface area (Å²) < 4.78 is 7.74. The van der Waals surface area contributed by atoms with Crippen molar-refractivity contribution in [1.82, 2.24) is 18.7 Å². The molecule has 0 N–H and O–H groups in total. The monoisotopic (exact) mass is 766 g/mol. The van der Waals surface area contributed by atoms with Crippen LogP contribution in [-0.2, 0) is 25.7 Å². The second kappa shape index (κ2) is 15.4. The summed E-state index contributed by atoms with van der Waals surface area (Å²) in [6.07, 6.45) is 14.5. The SMILES string of the molecule is c1ccc(-c2nc(-c3ccccc3)n(-c3cc(-n4c5c(c6ccccc64)CCCCCC5)cc(-n4c5c(c6ccccc64)CCCCCC5)c3)c2-c2ccccc2)cc1. The third-order valence-corrected chi connectivity index (χ3v) is 13.0. The number of aromatic nitrogens is 4. The average molecular weight is 767 g/mol. The first kappa shape index (κ1) is 35.7. The van der Waals surface area contributed by atoms with Crippen LogP contribution in [0.4, 0.5) is 0 Å². The number of para-hydroxylation sites is 2. The summed E-state index contributed by atoms with van der Waals surface area (Å²) in [6, 6.07) is 58.2. The van der Waals surface area contributed by atoms with Crippen molar-refractivity contribution >= 4 is 21.8 Å². The van der Waals surface area contributed by atoms with E-state index in [0.717, 1.165) is 65.3 Å². The predicted molar refractivity (Wildman–Crippen MR) is 245 cm³/mol. The Morgan fingerprint density at radius 2 is 0.763 bits per heavy atom. The molecule has 0 saturated heterocycles. The lowest BCUT2D eigenvalue weighted by Crippen LogP contribution is -2.10. The Hall–Kier alpha value is -6.39. The molecule has 0 fully saturated rings. The Balaban J connectivity index is 1.28. The number of benzene rings is 6. The maximum Gasteiger partial charge on any atom is 0.145 e. The van der Waals surface area contributed by atoms with Crippen LogP contribution in [0.5, 0.6) is 0 Å². The summed E-state index contributed by atoms with van der Waals surface area (Å²) in [5, 5.41) is 2.80. The van der Waals surface area contributed by atoms with E-state index in [0.29, 0.717) is 0 Å². The van der Waals surface area contributed by atoms with E-state index >= 15 is 0 Å². The smallest absolute Gasteiger partial charge is 0.145 e. The minimum Gasteiger partial charge on any atom is -0.313 e. The van der Waals surface area contributed by atoms with Crippen molar-refractivity contribution in [3.63, 3.8) is 0 Å². The van der Waals surface area contributed by atoms with Gasteiger partial charge in [-0.2, -0.15) is 0 Å². The molecule has 0 atom stereocenters. The van der Waals surface area contributed by atoms with E-state index < -0.39 is 0 Å². The molecule has 59 heavy (non-hydrogen) atoms. The van der Waals surface area contributed by atoms with E-state index in [9.17, 15) is 0 Å². The van der Waals surface area contributed by atoms with Crippen LogP contribution in [0.1, 0.15) is 73.9 Å². The van der Waals surface area contributed by atoms with Crippen molar-refractivity contribution in [2.75, 3.05) is 0 Å². The van der Waals surface area contributed by atoms with Crippen LogP contribution >= 0.6 is 0 Å². The highest BCUT2D eigenvalue weighted by atomic mass is 15.1. The zero-order valence-corrected chi connectivity index (χ0v) is 33.8. The molecule has 3 heterocycles. The normalized spacial score (nSPS) is 14.6. The molecule has 0 bridgehead atoms. The number of hydrogen-bond acceptors (Lipinski definition) is 1. The van der Waals surface area contributed by atoms with Gasteiger partial charge in [0.05, 0.1) is 39.5 Å². The lowest BCUT2D eigenvalue weighted by molar-refractivity contribution is 0.608. The van der Waals surface area contributed by atoms with Crippen molar-refractivity contribution in [1.29, 1.82) is 0 Å². The highest BCUT2D eigenvalue weighted by Crippen LogP contribution is 2.42. The first-order chi connectivity index (χ1) is 29.3. The molecule has 2 aliphatic carbocycles. The van der Waals surface area contributed by atoms with E-state index in [2.05, 4.69) is 171 Å². The number of hydrogen-bond donors (Lipinski definition) is 0. The standard InChI is InChI=1S/C55H50N4/c1-3-16-32-49-45(28-14-1)47-30-18-20-34-51(47)57(49)42-36-43(58-50-33-17-4-2-15-29-46(50)48-31-19-21-35-52(48)58)38-44(37-42)59-54(40-24-10-6-11-25-40)53(39-22-8-5-9-23-39)56-55(59)41-26-12-7-13-27-41/h5-13,18-27,30-31,34-38H,1-4,14-17,28-29,32-33H2. The zero-order chi connectivity index (χ0) is 39.1. The lowest BCUT2D eigenvalue weighted by atomic mass is 9.96. The fraction of sp³-hybridized carbons (Fsp3) is 0.218. The number of fused-ring (bicyclic) bond motifs is 6. The predicted octanol–water partition coefficient (Wildman–Crippen LogP) is 14.1. The second-order valence-electron chi connectivity index (χ2n) is 16.7. The van der Waals surface area contributed by atoms with Gasteiger partial charge in [-0.3, -0.25) is 4.57 Å². The van der Waals surface area contributed by atoms with E-state index in [1.165, 1.54) is 107 Å². The van der Waals surface area contributed by atoms with Crippen LogP contribution in [0.25, 0.3) is 72.8 Å². The topological polar surface area (TPSA) is 27.7 Å². The molecule has 3 aromatic heterocycles. The van der Waals surface area contributed by atoms with E-state index in [1.54, 1.807) is 0 Å². The molecular formula is C55H50N4. The molecule has 4 heteroatoms. The molecule has 2 aliphatic rings. The summed E-state index contributed by atoms with van der Waals surface area (Å²) in [6.45, 7) is 0. The van der Waals surface area contributed by atoms with Crippen LogP contribution in [0.3, 0.4) is 0 Å². The third-order valence-electron chi connectivity index (χ3n) is 13.0. The fourth-order valence-electron chi connectivity index (χ4n) is 10.4. The fourth-order valence-corrected chi connectivity index (χ4v) is 10.4. The van der Waals surface area contributed by atoms with Gasteiger partial charge in [0.15, 0.2) is 0 Å². The maximum atomic E-state index is 5.62. The van der Waals surface area contributed by atoms with Crippen molar-refractivity contribution in [3.05, 3.63) is 180 Å². The zero-order valence-electron chi connectivity index (χ0n) is 33.8. The number of imidazole rings is 1. The Kier molecular flexibility index (Phi) is 9.34. The van der Waals surface area contributed by atoms with Gasteiger partial charge in [0.1, 0.15) is 5.82 Å². The van der Waals surface area contributed by atoms with Crippen molar-refractivity contribution in [3.8, 4) is 51.0 Å². The summed E-state index contributed by atoms with van der Waals surface area (Å²) in [7, 11) is 0. The summed E-state index contributed by atoms with van der Waals surface area (Å²) >= 11 is 0. The van der Waals surface area contributed by atoms with Gasteiger partial charge in [-0.15, -0.1) is 0 Å². The molecule has 0 spiro atoms. The number of nitrogens with zero attached hydrogens (tertiary/aromatic N) is 4. The van der Waals surface area contributed by atoms with Crippen molar-refractivity contribution in [2.45, 2.75) is 77.0 Å². The van der Waals surface area contributed by atoms with Crippen LogP contribution in [-0.4, -0.2) is 18.7 Å². The van der Waals surface area contributed by atoms with Gasteiger partial charge in [-0.05, 0) is 92.8 Å². The largest absolute Gasteiger partial charge is 0.313 e. The van der Waals surface area contributed by atoms with Gasteiger partial charge >= 0.3 is 0 Å². The Bertz CT molecular complexity index is 2810. The first-order valence-corrected chi connectivity index (χ1v) is 22.0. The van der Waals surface area contributed by atoms with Crippen LogP contribution in [0, 0.1) is 0 Å². The van der Waals surface area contributed by atoms with Crippen molar-refractivity contribution < 1.29 is 0 Å². The van der Waals surface area contributed by atoms with Gasteiger partial charge in [0.25, 0.3) is 0 Å². The average Bonchev–Trinajstić information content (AvgIpc) is 3.92. The molecule has 0 saturated carbocycles. The van der Waals surface area contributed by atoms with E-state index in [-0.39, 0.29) is 0 Å². The highest BCUT2D eigenvalue weighted by molar-refractivity contribution is 5.90.